The quantitative estimate of drug-likeness (QED) is 0.510. The van der Waals surface area contributed by atoms with Gasteiger partial charge in [-0.25, -0.2) is 0 Å². The molecule has 0 saturated heterocycles. The van der Waals surface area contributed by atoms with Crippen molar-refractivity contribution < 1.29 is 30.7 Å². The molecule has 0 atom stereocenters. The summed E-state index contributed by atoms with van der Waals surface area (Å²) in [6, 6.07) is 0. The highest BCUT2D eigenvalue weighted by molar-refractivity contribution is 7.85. The fraction of sp³-hybridized carbons (Fsp3) is 0.857. The summed E-state index contributed by atoms with van der Waals surface area (Å²) in [5.41, 5.74) is 4.57. The maximum absolute atomic E-state index is 10.2. The molecule has 0 aromatic heterocycles. The molecule has 0 aromatic rings. The number of hydrogen-bond donors (Lipinski definition) is 3. The van der Waals surface area contributed by atoms with Crippen LogP contribution in [0.2, 0.25) is 0 Å². The summed E-state index contributed by atoms with van der Waals surface area (Å²) >= 11 is 0. The van der Waals surface area contributed by atoms with E-state index in [1.54, 1.807) is 20.8 Å². The van der Waals surface area contributed by atoms with Gasteiger partial charge in [-0.05, 0) is 0 Å². The van der Waals surface area contributed by atoms with Crippen molar-refractivity contribution in [1.82, 2.24) is 0 Å². The summed E-state index contributed by atoms with van der Waals surface area (Å²) < 4.78 is 51.7. The molecule has 0 aromatic carbocycles. The normalized spacial score (nSPS) is 11.5. The highest BCUT2D eigenvalue weighted by Gasteiger charge is 2.16. The second-order valence-corrected chi connectivity index (χ2v) is 7.01. The molecule has 0 rings (SSSR count). The summed E-state index contributed by atoms with van der Waals surface area (Å²) in [6.45, 7) is 5.36. The van der Waals surface area contributed by atoms with Gasteiger partial charge in [-0.15, -0.1) is 0 Å². The Morgan fingerprint density at radius 3 is 1.00 bits per heavy atom. The minimum atomic E-state index is -3.67. The van der Waals surface area contributed by atoms with Crippen LogP contribution >= 0.6 is 0 Å². The van der Waals surface area contributed by atoms with Crippen LogP contribution in [0.15, 0.2) is 0 Å². The Bertz CT molecular complexity index is 370. The predicted molar refractivity (Wildman–Crippen MR) is 63.6 cm³/mol. The van der Waals surface area contributed by atoms with E-state index < -0.39 is 20.2 Å². The van der Waals surface area contributed by atoms with Gasteiger partial charge in [-0.2, -0.15) is 16.8 Å². The molecule has 0 spiro atoms. The first-order valence-corrected chi connectivity index (χ1v) is 7.79. The molecule has 106 valence electrons. The Balaban J connectivity index is -0.000000177. The largest absolute Gasteiger partial charge is 0.369 e. The lowest BCUT2D eigenvalue weighted by atomic mass is 9.96. The van der Waals surface area contributed by atoms with Gasteiger partial charge in [0.1, 0.15) is 0 Å². The van der Waals surface area contributed by atoms with Crippen LogP contribution in [0.25, 0.3) is 0 Å². The zero-order valence-corrected chi connectivity index (χ0v) is 12.0. The average molecular weight is 293 g/mol. The molecule has 0 radical (unpaired) electrons. The molecular formula is C7H19NO7S2. The minimum Gasteiger partial charge on any atom is -0.369 e. The lowest BCUT2D eigenvalue weighted by Gasteiger charge is -2.10. The Morgan fingerprint density at radius 1 is 0.941 bits per heavy atom. The Kier molecular flexibility index (Phi) is 9.62. The van der Waals surface area contributed by atoms with Crippen LogP contribution in [0.4, 0.5) is 0 Å². The van der Waals surface area contributed by atoms with Crippen LogP contribution < -0.4 is 5.73 Å². The minimum absolute atomic E-state index is 0.257. The summed E-state index contributed by atoms with van der Waals surface area (Å²) in [5, 5.41) is 0. The van der Waals surface area contributed by atoms with Gasteiger partial charge in [-0.1, -0.05) is 20.8 Å². The van der Waals surface area contributed by atoms with E-state index in [0.717, 1.165) is 0 Å². The second kappa shape index (κ2) is 7.58. The van der Waals surface area contributed by atoms with Crippen molar-refractivity contribution in [3.8, 4) is 0 Å². The smallest absolute Gasteiger partial charge is 0.261 e. The number of carbonyl (C=O) groups excluding carboxylic acids is 1. The second-order valence-electron chi connectivity index (χ2n) is 4.08. The third-order valence-corrected chi connectivity index (χ3v) is 0.739. The summed E-state index contributed by atoms with van der Waals surface area (Å²) in [6.07, 6.45) is 1.43. The van der Waals surface area contributed by atoms with E-state index in [4.69, 9.17) is 14.8 Å². The van der Waals surface area contributed by atoms with Crippen molar-refractivity contribution in [3.05, 3.63) is 0 Å². The molecule has 0 fully saturated rings. The third kappa shape index (κ3) is 96.5. The van der Waals surface area contributed by atoms with E-state index in [1.807, 2.05) is 0 Å². The molecule has 4 N–H and O–H groups in total. The van der Waals surface area contributed by atoms with Gasteiger partial charge in [-0.3, -0.25) is 13.9 Å². The van der Waals surface area contributed by atoms with Crippen LogP contribution in [0.1, 0.15) is 20.8 Å². The summed E-state index contributed by atoms with van der Waals surface area (Å²) in [7, 11) is -7.33. The third-order valence-electron chi connectivity index (χ3n) is 0.739. The first kappa shape index (κ1) is 21.6. The zero-order chi connectivity index (χ0) is 15.1. The van der Waals surface area contributed by atoms with Crippen molar-refractivity contribution in [1.29, 1.82) is 0 Å². The number of rotatable bonds is 0. The molecule has 8 nitrogen and oxygen atoms in total. The topological polar surface area (TPSA) is 152 Å². The number of primary amides is 1. The highest BCUT2D eigenvalue weighted by Crippen LogP contribution is 2.09. The van der Waals surface area contributed by atoms with Crippen molar-refractivity contribution in [2.45, 2.75) is 20.8 Å². The first-order chi connectivity index (χ1) is 6.94. The molecule has 0 heterocycles. The molecule has 1 amide bonds. The van der Waals surface area contributed by atoms with E-state index in [2.05, 4.69) is 0 Å². The molecule has 0 bridgehead atoms. The summed E-state index contributed by atoms with van der Waals surface area (Å²) in [5.74, 6) is -0.257. The van der Waals surface area contributed by atoms with Crippen LogP contribution in [-0.4, -0.2) is 44.4 Å². The van der Waals surface area contributed by atoms with E-state index >= 15 is 0 Å². The first-order valence-electron chi connectivity index (χ1n) is 4.09. The van der Waals surface area contributed by atoms with E-state index in [-0.39, 0.29) is 11.3 Å². The molecular weight excluding hydrogens is 274 g/mol. The summed E-state index contributed by atoms with van der Waals surface area (Å²) in [4.78, 5) is 10.2. The van der Waals surface area contributed by atoms with Gasteiger partial charge in [0, 0.05) is 5.41 Å². The van der Waals surface area contributed by atoms with Gasteiger partial charge in [0.05, 0.1) is 12.5 Å². The maximum Gasteiger partial charge on any atom is 0.261 e. The molecule has 17 heavy (non-hydrogen) atoms. The molecule has 0 aliphatic rings. The van der Waals surface area contributed by atoms with Crippen LogP contribution in [0.3, 0.4) is 0 Å². The standard InChI is InChI=1S/C5H11NO.2CH4O3S/c1-5(2,3)4(6)7;2*1-5(2,3)4/h1-3H3,(H2,6,7);2*1H3,(H,2,3,4). The van der Waals surface area contributed by atoms with E-state index in [9.17, 15) is 21.6 Å². The van der Waals surface area contributed by atoms with Crippen molar-refractivity contribution in [2.24, 2.45) is 11.1 Å². The Morgan fingerprint density at radius 2 is 1.00 bits per heavy atom. The number of amides is 1. The van der Waals surface area contributed by atoms with Gasteiger partial charge >= 0.3 is 0 Å². The molecule has 0 saturated carbocycles. The molecule has 0 aliphatic heterocycles. The fourth-order valence-corrected chi connectivity index (χ4v) is 0. The lowest BCUT2D eigenvalue weighted by Crippen LogP contribution is -2.27. The van der Waals surface area contributed by atoms with Crippen LogP contribution in [0, 0.1) is 5.41 Å². The van der Waals surface area contributed by atoms with Gasteiger partial charge in [0.15, 0.2) is 0 Å². The SMILES string of the molecule is CC(C)(C)C(N)=O.CS(=O)(=O)O.CS(=O)(=O)O. The van der Waals surface area contributed by atoms with Crippen LogP contribution in [0.5, 0.6) is 0 Å². The van der Waals surface area contributed by atoms with Gasteiger partial charge in [0.25, 0.3) is 20.2 Å². The monoisotopic (exact) mass is 293 g/mol. The highest BCUT2D eigenvalue weighted by atomic mass is 32.2. The van der Waals surface area contributed by atoms with Gasteiger partial charge in [0.2, 0.25) is 5.91 Å². The number of nitrogens with two attached hydrogens (primary N) is 1. The maximum atomic E-state index is 10.2. The number of hydrogen-bond acceptors (Lipinski definition) is 5. The van der Waals surface area contributed by atoms with Crippen molar-refractivity contribution in [3.63, 3.8) is 0 Å². The number of carbonyl (C=O) groups is 1. The Hall–Kier alpha value is -0.710. The van der Waals surface area contributed by atoms with E-state index in [0.29, 0.717) is 12.5 Å². The molecule has 10 heteroatoms. The van der Waals surface area contributed by atoms with Crippen LogP contribution in [-0.2, 0) is 25.0 Å². The average Bonchev–Trinajstić information content (AvgIpc) is 1.74. The van der Waals surface area contributed by atoms with Crippen molar-refractivity contribution in [2.75, 3.05) is 12.5 Å². The molecule has 0 aliphatic carbocycles. The Labute approximate surface area is 102 Å². The van der Waals surface area contributed by atoms with Gasteiger partial charge < -0.3 is 5.73 Å². The lowest BCUT2D eigenvalue weighted by molar-refractivity contribution is -0.125. The predicted octanol–water partition coefficient (Wildman–Crippen LogP) is -0.474. The fourth-order valence-electron chi connectivity index (χ4n) is 0. The van der Waals surface area contributed by atoms with E-state index in [1.165, 1.54) is 0 Å². The van der Waals surface area contributed by atoms with Crippen molar-refractivity contribution >= 4 is 26.1 Å². The molecule has 0 unspecified atom stereocenters. The zero-order valence-electron chi connectivity index (χ0n) is 10.3.